The van der Waals surface area contributed by atoms with E-state index < -0.39 is 33.5 Å². The van der Waals surface area contributed by atoms with Gasteiger partial charge in [-0.1, -0.05) is 24.3 Å². The maximum absolute atomic E-state index is 13.7. The van der Waals surface area contributed by atoms with Gasteiger partial charge in [0.2, 0.25) is 0 Å². The first-order valence-corrected chi connectivity index (χ1v) is 10.3. The van der Waals surface area contributed by atoms with Gasteiger partial charge in [0.15, 0.2) is 0 Å². The van der Waals surface area contributed by atoms with Crippen LogP contribution in [0.15, 0.2) is 71.6 Å². The van der Waals surface area contributed by atoms with Gasteiger partial charge in [-0.3, -0.25) is 19.2 Å². The summed E-state index contributed by atoms with van der Waals surface area (Å²) in [5.41, 5.74) is 0.808. The van der Waals surface area contributed by atoms with Gasteiger partial charge in [-0.15, -0.1) is 0 Å². The summed E-state index contributed by atoms with van der Waals surface area (Å²) in [6.45, 7) is -0.0211. The maximum Gasteiger partial charge on any atom is 0.261 e. The molecule has 0 saturated heterocycles. The number of sulfonamides is 1. The van der Waals surface area contributed by atoms with Crippen LogP contribution in [0.3, 0.4) is 0 Å². The predicted molar refractivity (Wildman–Crippen MR) is 104 cm³/mol. The Balaban J connectivity index is 1.52. The van der Waals surface area contributed by atoms with E-state index in [1.807, 2.05) is 0 Å². The van der Waals surface area contributed by atoms with E-state index in [2.05, 4.69) is 4.72 Å². The molecule has 0 saturated carbocycles. The molecule has 3 aromatic carbocycles. The Morgan fingerprint density at radius 1 is 0.833 bits per heavy atom. The third-order valence-corrected chi connectivity index (χ3v) is 6.01. The fourth-order valence-corrected chi connectivity index (χ4v) is 4.18. The van der Waals surface area contributed by atoms with Crippen LogP contribution in [0.2, 0.25) is 0 Å². The highest BCUT2D eigenvalue weighted by Gasteiger charge is 2.34. The summed E-state index contributed by atoms with van der Waals surface area (Å²) in [5.74, 6) is -2.70. The molecular weight excluding hydrogens is 414 g/mol. The monoisotopic (exact) mass is 428 g/mol. The van der Waals surface area contributed by atoms with Crippen molar-refractivity contribution in [2.75, 3.05) is 4.72 Å². The smallest absolute Gasteiger partial charge is 0.261 e. The number of hydrogen-bond donors (Lipinski definition) is 1. The summed E-state index contributed by atoms with van der Waals surface area (Å²) in [7, 11) is -4.12. The zero-order valence-electron chi connectivity index (χ0n) is 15.3. The van der Waals surface area contributed by atoms with Crippen LogP contribution in [0.1, 0.15) is 26.3 Å². The molecule has 0 radical (unpaired) electrons. The minimum absolute atomic E-state index is 0.0211. The molecule has 0 aliphatic carbocycles. The summed E-state index contributed by atoms with van der Waals surface area (Å²) in [6.07, 6.45) is 0. The molecule has 1 aliphatic rings. The third-order valence-electron chi connectivity index (χ3n) is 4.63. The van der Waals surface area contributed by atoms with Crippen LogP contribution in [0.5, 0.6) is 0 Å². The fourth-order valence-electron chi connectivity index (χ4n) is 3.12. The second-order valence-electron chi connectivity index (χ2n) is 6.62. The first-order valence-electron chi connectivity index (χ1n) is 8.78. The Kier molecular flexibility index (Phi) is 4.83. The van der Waals surface area contributed by atoms with Crippen LogP contribution in [0.4, 0.5) is 14.5 Å². The molecule has 1 aliphatic heterocycles. The number of fused-ring (bicyclic) bond motifs is 1. The van der Waals surface area contributed by atoms with Crippen molar-refractivity contribution < 1.29 is 26.8 Å². The Labute approximate surface area is 170 Å². The van der Waals surface area contributed by atoms with Crippen molar-refractivity contribution in [3.05, 3.63) is 95.1 Å². The van der Waals surface area contributed by atoms with E-state index >= 15 is 0 Å². The van der Waals surface area contributed by atoms with Gasteiger partial charge in [-0.2, -0.15) is 0 Å². The highest BCUT2D eigenvalue weighted by atomic mass is 32.2. The highest BCUT2D eigenvalue weighted by molar-refractivity contribution is 7.92. The minimum atomic E-state index is -4.12. The van der Waals surface area contributed by atoms with Crippen molar-refractivity contribution in [2.24, 2.45) is 0 Å². The van der Waals surface area contributed by atoms with Gasteiger partial charge in [-0.05, 0) is 42.0 Å². The predicted octanol–water partition coefficient (Wildman–Crippen LogP) is 3.56. The average Bonchev–Trinajstić information content (AvgIpc) is 2.96. The number of hydrogen-bond acceptors (Lipinski definition) is 4. The van der Waals surface area contributed by atoms with Crippen LogP contribution in [-0.4, -0.2) is 25.1 Å². The van der Waals surface area contributed by atoms with E-state index in [9.17, 15) is 26.8 Å². The summed E-state index contributed by atoms with van der Waals surface area (Å²) in [6, 6.07) is 14.5. The molecule has 0 bridgehead atoms. The number of rotatable bonds is 5. The lowest BCUT2D eigenvalue weighted by Gasteiger charge is -2.14. The van der Waals surface area contributed by atoms with Crippen LogP contribution in [-0.2, 0) is 16.6 Å². The van der Waals surface area contributed by atoms with Crippen molar-refractivity contribution in [1.29, 1.82) is 0 Å². The zero-order chi connectivity index (χ0) is 21.5. The molecule has 4 rings (SSSR count). The molecule has 1 N–H and O–H groups in total. The number of imide groups is 1. The molecule has 3 aromatic rings. The molecule has 6 nitrogen and oxygen atoms in total. The highest BCUT2D eigenvalue weighted by Crippen LogP contribution is 2.25. The summed E-state index contributed by atoms with van der Waals surface area (Å²) < 4.78 is 53.7. The van der Waals surface area contributed by atoms with E-state index in [0.717, 1.165) is 17.0 Å². The maximum atomic E-state index is 13.7. The molecular formula is C21H14F2N2O4S. The Bertz CT molecular complexity index is 1240. The molecule has 9 heteroatoms. The number of nitrogens with zero attached hydrogens (tertiary/aromatic N) is 1. The normalized spacial score (nSPS) is 13.5. The fraction of sp³-hybridized carbons (Fsp3) is 0.0476. The van der Waals surface area contributed by atoms with Crippen LogP contribution < -0.4 is 4.72 Å². The number of benzene rings is 3. The van der Waals surface area contributed by atoms with E-state index in [0.29, 0.717) is 22.8 Å². The number of nitrogens with one attached hydrogen (secondary N) is 1. The second kappa shape index (κ2) is 7.34. The Morgan fingerprint density at radius 3 is 2.00 bits per heavy atom. The van der Waals surface area contributed by atoms with E-state index in [1.54, 1.807) is 24.3 Å². The standard InChI is InChI=1S/C21H14F2N2O4S/c22-14-7-10-19(18(23)11-14)24-30(28,29)15-8-5-13(6-9-15)12-25-20(26)16-3-1-2-4-17(16)21(25)27/h1-11,24H,12H2. The lowest BCUT2D eigenvalue weighted by atomic mass is 10.1. The van der Waals surface area contributed by atoms with Gasteiger partial charge in [0.1, 0.15) is 11.6 Å². The molecule has 152 valence electrons. The molecule has 1 heterocycles. The first-order chi connectivity index (χ1) is 14.3. The summed E-state index contributed by atoms with van der Waals surface area (Å²) in [5, 5.41) is 0. The molecule has 0 fully saturated rings. The van der Waals surface area contributed by atoms with Crippen molar-refractivity contribution in [3.63, 3.8) is 0 Å². The number of carbonyl (C=O) groups is 2. The summed E-state index contributed by atoms with van der Waals surface area (Å²) in [4.78, 5) is 25.8. The first kappa shape index (κ1) is 19.7. The zero-order valence-corrected chi connectivity index (χ0v) is 16.1. The topological polar surface area (TPSA) is 83.6 Å². The molecule has 0 aromatic heterocycles. The summed E-state index contributed by atoms with van der Waals surface area (Å²) >= 11 is 0. The van der Waals surface area contributed by atoms with Crippen LogP contribution in [0.25, 0.3) is 0 Å². The average molecular weight is 428 g/mol. The number of carbonyl (C=O) groups excluding carboxylic acids is 2. The lowest BCUT2D eigenvalue weighted by molar-refractivity contribution is 0.0642. The molecule has 0 spiro atoms. The minimum Gasteiger partial charge on any atom is -0.277 e. The number of halogens is 2. The van der Waals surface area contributed by atoms with Crippen LogP contribution in [0, 0.1) is 11.6 Å². The van der Waals surface area contributed by atoms with Gasteiger partial charge in [-0.25, -0.2) is 17.2 Å². The van der Waals surface area contributed by atoms with Gasteiger partial charge < -0.3 is 0 Å². The van der Waals surface area contributed by atoms with E-state index in [-0.39, 0.29) is 17.1 Å². The second-order valence-corrected chi connectivity index (χ2v) is 8.30. The van der Waals surface area contributed by atoms with Crippen LogP contribution >= 0.6 is 0 Å². The van der Waals surface area contributed by atoms with Gasteiger partial charge in [0, 0.05) is 6.07 Å². The molecule has 0 atom stereocenters. The molecule has 2 amide bonds. The van der Waals surface area contributed by atoms with Gasteiger partial charge in [0.25, 0.3) is 21.8 Å². The quantitative estimate of drug-likeness (QED) is 0.630. The number of anilines is 1. The molecule has 0 unspecified atom stereocenters. The van der Waals surface area contributed by atoms with E-state index in [1.165, 1.54) is 24.3 Å². The largest absolute Gasteiger partial charge is 0.277 e. The Morgan fingerprint density at radius 2 is 1.43 bits per heavy atom. The van der Waals surface area contributed by atoms with Crippen molar-refractivity contribution >= 4 is 27.5 Å². The van der Waals surface area contributed by atoms with Crippen molar-refractivity contribution in [3.8, 4) is 0 Å². The Hall–Kier alpha value is -3.59. The van der Waals surface area contributed by atoms with Gasteiger partial charge >= 0.3 is 0 Å². The van der Waals surface area contributed by atoms with Crippen molar-refractivity contribution in [2.45, 2.75) is 11.4 Å². The number of amides is 2. The molecule has 30 heavy (non-hydrogen) atoms. The SMILES string of the molecule is O=C1c2ccccc2C(=O)N1Cc1ccc(S(=O)(=O)Nc2ccc(F)cc2F)cc1. The van der Waals surface area contributed by atoms with Crippen molar-refractivity contribution in [1.82, 2.24) is 4.90 Å². The van der Waals surface area contributed by atoms with Gasteiger partial charge in [0.05, 0.1) is 28.3 Å². The van der Waals surface area contributed by atoms with E-state index in [4.69, 9.17) is 0 Å². The lowest BCUT2D eigenvalue weighted by Crippen LogP contribution is -2.29. The third kappa shape index (κ3) is 3.55.